The lowest BCUT2D eigenvalue weighted by Gasteiger charge is -2.25. The van der Waals surface area contributed by atoms with Crippen LogP contribution in [0.3, 0.4) is 0 Å². The molecule has 0 fully saturated rings. The second-order valence-electron chi connectivity index (χ2n) is 8.50. The molecule has 0 radical (unpaired) electrons. The molecule has 1 unspecified atom stereocenters. The largest absolute Gasteiger partial charge is 0.482 e. The van der Waals surface area contributed by atoms with Crippen molar-refractivity contribution in [3.05, 3.63) is 94.4 Å². The van der Waals surface area contributed by atoms with Crippen molar-refractivity contribution >= 4 is 27.1 Å². The van der Waals surface area contributed by atoms with Gasteiger partial charge in [-0.3, -0.25) is 0 Å². The lowest BCUT2D eigenvalue weighted by Crippen LogP contribution is -2.22. The topological polar surface area (TPSA) is 93.6 Å². The number of thiazole rings is 1. The number of fused-ring (bicyclic) bond motifs is 3. The molecular formula is C27H23NO5S2. The molecule has 1 atom stereocenters. The zero-order chi connectivity index (χ0) is 24.6. The van der Waals surface area contributed by atoms with Crippen LogP contribution in [0.2, 0.25) is 0 Å². The van der Waals surface area contributed by atoms with Crippen molar-refractivity contribution in [3.8, 4) is 27.6 Å². The van der Waals surface area contributed by atoms with Crippen LogP contribution >= 0.6 is 11.3 Å². The number of hydrogen-bond acceptors (Lipinski definition) is 6. The fourth-order valence-electron chi connectivity index (χ4n) is 4.42. The Morgan fingerprint density at radius 1 is 1.03 bits per heavy atom. The van der Waals surface area contributed by atoms with Crippen LogP contribution in [-0.4, -0.2) is 31.1 Å². The van der Waals surface area contributed by atoms with Gasteiger partial charge in [0.2, 0.25) is 0 Å². The van der Waals surface area contributed by atoms with Crippen LogP contribution < -0.4 is 4.74 Å². The Morgan fingerprint density at radius 3 is 2.49 bits per heavy atom. The average molecular weight is 506 g/mol. The summed E-state index contributed by atoms with van der Waals surface area (Å²) >= 11 is 1.41. The third-order valence-corrected chi connectivity index (χ3v) is 9.45. The summed E-state index contributed by atoms with van der Waals surface area (Å²) in [6, 6.07) is 22.4. The molecule has 1 heterocycles. The third kappa shape index (κ3) is 4.59. The smallest absolute Gasteiger partial charge is 0.341 e. The number of rotatable bonds is 7. The van der Waals surface area contributed by atoms with Gasteiger partial charge in [-0.2, -0.15) is 0 Å². The fourth-order valence-corrected chi connectivity index (χ4v) is 7.87. The highest BCUT2D eigenvalue weighted by molar-refractivity contribution is 7.91. The van der Waals surface area contributed by atoms with Gasteiger partial charge in [0.05, 0.1) is 16.3 Å². The average Bonchev–Trinajstić information content (AvgIpc) is 3.28. The van der Waals surface area contributed by atoms with Crippen LogP contribution in [0.15, 0.2) is 72.8 Å². The highest BCUT2D eigenvalue weighted by atomic mass is 32.2. The Balaban J connectivity index is 1.65. The molecule has 3 aromatic carbocycles. The van der Waals surface area contributed by atoms with Gasteiger partial charge in [0, 0.05) is 16.7 Å². The molecule has 0 saturated heterocycles. The van der Waals surface area contributed by atoms with E-state index in [4.69, 9.17) is 14.8 Å². The van der Waals surface area contributed by atoms with E-state index in [1.54, 1.807) is 12.1 Å². The first-order chi connectivity index (χ1) is 16.8. The first kappa shape index (κ1) is 23.3. The molecule has 8 heteroatoms. The van der Waals surface area contributed by atoms with E-state index >= 15 is 0 Å². The maximum Gasteiger partial charge on any atom is 0.341 e. The molecule has 0 saturated carbocycles. The van der Waals surface area contributed by atoms with Crippen molar-refractivity contribution in [1.29, 1.82) is 0 Å². The van der Waals surface area contributed by atoms with Gasteiger partial charge in [0.15, 0.2) is 16.4 Å². The van der Waals surface area contributed by atoms with Crippen LogP contribution in [0.25, 0.3) is 21.8 Å². The zero-order valence-electron chi connectivity index (χ0n) is 19.0. The van der Waals surface area contributed by atoms with E-state index in [0.29, 0.717) is 21.9 Å². The van der Waals surface area contributed by atoms with E-state index in [0.717, 1.165) is 27.3 Å². The summed E-state index contributed by atoms with van der Waals surface area (Å²) in [4.78, 5) is 16.7. The molecule has 1 aliphatic carbocycles. The van der Waals surface area contributed by atoms with Gasteiger partial charge in [-0.05, 0) is 30.5 Å². The first-order valence-electron chi connectivity index (χ1n) is 11.1. The van der Waals surface area contributed by atoms with Crippen molar-refractivity contribution in [3.63, 3.8) is 0 Å². The molecule has 1 aromatic heterocycles. The van der Waals surface area contributed by atoms with Gasteiger partial charge < -0.3 is 9.84 Å². The van der Waals surface area contributed by atoms with E-state index in [-0.39, 0.29) is 12.2 Å². The van der Waals surface area contributed by atoms with E-state index < -0.39 is 27.7 Å². The molecule has 0 bridgehead atoms. The number of aromatic nitrogens is 1. The molecule has 35 heavy (non-hydrogen) atoms. The summed E-state index contributed by atoms with van der Waals surface area (Å²) in [6.45, 7) is 1.50. The molecule has 1 N–H and O–H groups in total. The number of aryl methyl sites for hydroxylation is 1. The van der Waals surface area contributed by atoms with Crippen LogP contribution in [-0.2, 0) is 26.8 Å². The van der Waals surface area contributed by atoms with Crippen molar-refractivity contribution in [2.75, 3.05) is 6.61 Å². The normalized spacial score (nSPS) is 14.7. The maximum atomic E-state index is 13.8. The number of aliphatic carboxylic acids is 1. The monoisotopic (exact) mass is 505 g/mol. The van der Waals surface area contributed by atoms with E-state index in [2.05, 4.69) is 0 Å². The zero-order valence-corrected chi connectivity index (χ0v) is 20.6. The molecule has 6 nitrogen and oxygen atoms in total. The maximum absolute atomic E-state index is 13.8. The predicted molar refractivity (Wildman–Crippen MR) is 136 cm³/mol. The van der Waals surface area contributed by atoms with Gasteiger partial charge in [-0.25, -0.2) is 18.2 Å². The molecule has 0 spiro atoms. The molecule has 178 valence electrons. The molecular weight excluding hydrogens is 482 g/mol. The molecule has 0 aliphatic heterocycles. The van der Waals surface area contributed by atoms with Gasteiger partial charge in [-0.1, -0.05) is 66.7 Å². The Bertz CT molecular complexity index is 1510. The number of nitrogens with zero attached hydrogens (tertiary/aromatic N) is 1. The van der Waals surface area contributed by atoms with Crippen molar-refractivity contribution in [2.24, 2.45) is 0 Å². The molecule has 4 aromatic rings. The number of benzene rings is 3. The minimum atomic E-state index is -3.62. The Hall–Kier alpha value is -3.49. The van der Waals surface area contributed by atoms with Crippen molar-refractivity contribution < 1.29 is 23.1 Å². The van der Waals surface area contributed by atoms with Gasteiger partial charge in [0.25, 0.3) is 0 Å². The summed E-state index contributed by atoms with van der Waals surface area (Å²) in [6.07, 6.45) is 0.197. The summed E-state index contributed by atoms with van der Waals surface area (Å²) in [5.41, 5.74) is 4.82. The van der Waals surface area contributed by atoms with Gasteiger partial charge in [0.1, 0.15) is 16.0 Å². The minimum absolute atomic E-state index is 0.0942. The highest BCUT2D eigenvalue weighted by Gasteiger charge is 2.38. The standard InChI is InChI=1S/C27H23NO5S2/c1-17-8-5-6-11-19(17)27-28-25-20-12-7-13-22(33-15-24(29)30)21(20)14-23(26(25)34-27)35(31,32)16-18-9-3-2-4-10-18/h2-13,23H,14-16H2,1H3,(H,29,30). The minimum Gasteiger partial charge on any atom is -0.482 e. The van der Waals surface area contributed by atoms with E-state index in [1.807, 2.05) is 67.6 Å². The number of carboxylic acids is 1. The van der Waals surface area contributed by atoms with Crippen LogP contribution in [0.1, 0.15) is 26.8 Å². The Morgan fingerprint density at radius 2 is 1.74 bits per heavy atom. The van der Waals surface area contributed by atoms with Crippen LogP contribution in [0.4, 0.5) is 0 Å². The van der Waals surface area contributed by atoms with Gasteiger partial charge in [-0.15, -0.1) is 11.3 Å². The van der Waals surface area contributed by atoms with Crippen molar-refractivity contribution in [2.45, 2.75) is 24.3 Å². The highest BCUT2D eigenvalue weighted by Crippen LogP contribution is 2.49. The molecule has 1 aliphatic rings. The van der Waals surface area contributed by atoms with E-state index in [1.165, 1.54) is 11.3 Å². The second-order valence-corrected chi connectivity index (χ2v) is 11.7. The SMILES string of the molecule is Cc1ccccc1-c1nc2c(s1)C(S(=O)(=O)Cc1ccccc1)Cc1c(OCC(=O)O)cccc1-2. The number of sulfone groups is 1. The summed E-state index contributed by atoms with van der Waals surface area (Å²) in [7, 11) is -3.62. The molecule has 5 rings (SSSR count). The fraction of sp³-hybridized carbons (Fsp3) is 0.185. The predicted octanol–water partition coefficient (Wildman–Crippen LogP) is 5.46. The Labute approximate surface area is 207 Å². The second kappa shape index (κ2) is 9.28. The number of carbonyl (C=O) groups is 1. The summed E-state index contributed by atoms with van der Waals surface area (Å²) < 4.78 is 33.1. The Kier molecular flexibility index (Phi) is 6.17. The number of carboxylic acid groups (broad SMARTS) is 1. The van der Waals surface area contributed by atoms with Crippen molar-refractivity contribution in [1.82, 2.24) is 4.98 Å². The quantitative estimate of drug-likeness (QED) is 0.358. The number of hydrogen-bond donors (Lipinski definition) is 1. The lowest BCUT2D eigenvalue weighted by atomic mass is 9.92. The number of ether oxygens (including phenoxy) is 1. The lowest BCUT2D eigenvalue weighted by molar-refractivity contribution is -0.139. The van der Waals surface area contributed by atoms with Crippen LogP contribution in [0, 0.1) is 6.92 Å². The summed E-state index contributed by atoms with van der Waals surface area (Å²) in [5.74, 6) is -0.813. The third-order valence-electron chi connectivity index (χ3n) is 6.09. The van der Waals surface area contributed by atoms with Crippen LogP contribution in [0.5, 0.6) is 5.75 Å². The van der Waals surface area contributed by atoms with E-state index in [9.17, 15) is 13.2 Å². The summed E-state index contributed by atoms with van der Waals surface area (Å²) in [5, 5.41) is 9.06. The first-order valence-corrected chi connectivity index (χ1v) is 13.7. The molecule has 0 amide bonds. The van der Waals surface area contributed by atoms with Gasteiger partial charge >= 0.3 is 5.97 Å².